The van der Waals surface area contributed by atoms with E-state index in [0.717, 1.165) is 34.0 Å². The first-order chi connectivity index (χ1) is 17.8. The van der Waals surface area contributed by atoms with Crippen molar-refractivity contribution in [1.82, 2.24) is 14.9 Å². The van der Waals surface area contributed by atoms with Gasteiger partial charge in [0, 0.05) is 28.7 Å². The number of rotatable bonds is 6. The van der Waals surface area contributed by atoms with Gasteiger partial charge in [0.2, 0.25) is 0 Å². The lowest BCUT2D eigenvalue weighted by Gasteiger charge is -2.29. The first-order valence-corrected chi connectivity index (χ1v) is 12.9. The lowest BCUT2D eigenvalue weighted by Crippen LogP contribution is -2.30. The molecule has 190 valence electrons. The van der Waals surface area contributed by atoms with Crippen LogP contribution in [0.2, 0.25) is 10.0 Å². The molecule has 5 rings (SSSR count). The molecule has 0 radical (unpaired) electrons. The second-order valence-electron chi connectivity index (χ2n) is 8.79. The van der Waals surface area contributed by atoms with Crippen LogP contribution in [0, 0.1) is 13.8 Å². The summed E-state index contributed by atoms with van der Waals surface area (Å²) in [5.41, 5.74) is 5.75. The van der Waals surface area contributed by atoms with Crippen LogP contribution in [-0.2, 0) is 0 Å². The number of hydrogen-bond donors (Lipinski definition) is 1. The molecule has 2 atom stereocenters. The van der Waals surface area contributed by atoms with Crippen LogP contribution in [-0.4, -0.2) is 28.9 Å². The van der Waals surface area contributed by atoms with Crippen LogP contribution in [0.3, 0.4) is 0 Å². The molecule has 1 fully saturated rings. The molecule has 3 heterocycles. The van der Waals surface area contributed by atoms with Crippen LogP contribution in [0.25, 0.3) is 5.69 Å². The number of thiocarbonyl (C=S) groups is 1. The summed E-state index contributed by atoms with van der Waals surface area (Å²) in [6.45, 7) is 4.16. The molecule has 4 aromatic rings. The maximum Gasteiger partial charge on any atom is 0.174 e. The Kier molecular flexibility index (Phi) is 7.03. The quantitative estimate of drug-likeness (QED) is 0.260. The third kappa shape index (κ3) is 4.52. The topological polar surface area (TPSA) is 51.5 Å². The van der Waals surface area contributed by atoms with Gasteiger partial charge in [0.15, 0.2) is 5.11 Å². The van der Waals surface area contributed by atoms with Gasteiger partial charge in [-0.25, -0.2) is 0 Å². The Balaban J connectivity index is 1.71. The van der Waals surface area contributed by atoms with Crippen molar-refractivity contribution in [2.75, 3.05) is 19.1 Å². The molecule has 0 amide bonds. The Bertz CT molecular complexity index is 1470. The van der Waals surface area contributed by atoms with Gasteiger partial charge >= 0.3 is 0 Å². The molecule has 9 heteroatoms. The lowest BCUT2D eigenvalue weighted by atomic mass is 9.96. The monoisotopic (exact) mass is 552 g/mol. The van der Waals surface area contributed by atoms with E-state index in [9.17, 15) is 0 Å². The zero-order chi connectivity index (χ0) is 26.3. The lowest BCUT2D eigenvalue weighted by molar-refractivity contribution is 0.394. The SMILES string of the molecule is COc1ccc(N2C(=S)NC(c3ccccn3)C2c2cc(C)n(-c3ccc(Cl)cc3Cl)c2C)c(OC)c1. The summed E-state index contributed by atoms with van der Waals surface area (Å²) in [4.78, 5) is 6.77. The number of aromatic nitrogens is 2. The van der Waals surface area contributed by atoms with Crippen LogP contribution >= 0.6 is 35.4 Å². The van der Waals surface area contributed by atoms with Crippen molar-refractivity contribution in [3.05, 3.63) is 99.6 Å². The first-order valence-electron chi connectivity index (χ1n) is 11.7. The Hall–Kier alpha value is -3.26. The molecule has 0 spiro atoms. The number of halogens is 2. The van der Waals surface area contributed by atoms with E-state index in [0.29, 0.717) is 26.7 Å². The molecular formula is C28H26Cl2N4O2S. The summed E-state index contributed by atoms with van der Waals surface area (Å²) < 4.78 is 13.3. The molecular weight excluding hydrogens is 527 g/mol. The molecule has 0 aliphatic carbocycles. The van der Waals surface area contributed by atoms with Crippen LogP contribution in [0.4, 0.5) is 5.69 Å². The van der Waals surface area contributed by atoms with E-state index in [2.05, 4.69) is 39.7 Å². The summed E-state index contributed by atoms with van der Waals surface area (Å²) in [7, 11) is 3.28. The highest BCUT2D eigenvalue weighted by atomic mass is 35.5. The summed E-state index contributed by atoms with van der Waals surface area (Å²) in [5.74, 6) is 1.36. The van der Waals surface area contributed by atoms with E-state index in [1.165, 1.54) is 0 Å². The van der Waals surface area contributed by atoms with Gasteiger partial charge in [-0.3, -0.25) is 4.98 Å². The van der Waals surface area contributed by atoms with Crippen molar-refractivity contribution in [3.63, 3.8) is 0 Å². The van der Waals surface area contributed by atoms with Gasteiger partial charge in [0.1, 0.15) is 11.5 Å². The summed E-state index contributed by atoms with van der Waals surface area (Å²) >= 11 is 18.7. The minimum absolute atomic E-state index is 0.199. The highest BCUT2D eigenvalue weighted by Gasteiger charge is 2.43. The third-order valence-electron chi connectivity index (χ3n) is 6.68. The number of aryl methyl sites for hydroxylation is 1. The number of benzene rings is 2. The van der Waals surface area contributed by atoms with Gasteiger partial charge in [0.25, 0.3) is 0 Å². The smallest absolute Gasteiger partial charge is 0.174 e. The standard InChI is InChI=1S/C28H26Cl2N4O2S/c1-16-13-20(17(2)33(16)23-10-8-18(29)14-21(23)30)27-26(22-7-5-6-12-31-22)32-28(37)34(27)24-11-9-19(35-3)15-25(24)36-4/h5-15,26-27H,1-4H3,(H,32,37). The van der Waals surface area contributed by atoms with Gasteiger partial charge in [-0.1, -0.05) is 29.3 Å². The highest BCUT2D eigenvalue weighted by molar-refractivity contribution is 7.80. The minimum Gasteiger partial charge on any atom is -0.497 e. The van der Waals surface area contributed by atoms with Crippen molar-refractivity contribution in [3.8, 4) is 17.2 Å². The van der Waals surface area contributed by atoms with E-state index in [1.54, 1.807) is 26.5 Å². The van der Waals surface area contributed by atoms with Crippen LogP contribution in [0.5, 0.6) is 11.5 Å². The molecule has 0 saturated carbocycles. The number of methoxy groups -OCH3 is 2. The van der Waals surface area contributed by atoms with Gasteiger partial charge in [-0.2, -0.15) is 0 Å². The maximum atomic E-state index is 6.63. The largest absolute Gasteiger partial charge is 0.497 e. The Morgan fingerprint density at radius 1 is 0.946 bits per heavy atom. The number of ether oxygens (including phenoxy) is 2. The Morgan fingerprint density at radius 3 is 2.41 bits per heavy atom. The second kappa shape index (κ2) is 10.2. The maximum absolute atomic E-state index is 6.63. The van der Waals surface area contributed by atoms with Crippen molar-refractivity contribution < 1.29 is 9.47 Å². The number of nitrogens with one attached hydrogen (secondary N) is 1. The molecule has 1 N–H and O–H groups in total. The fraction of sp³-hybridized carbons (Fsp3) is 0.214. The fourth-order valence-electron chi connectivity index (χ4n) is 5.03. The van der Waals surface area contributed by atoms with Gasteiger partial charge in [-0.15, -0.1) is 0 Å². The summed E-state index contributed by atoms with van der Waals surface area (Å²) in [6, 6.07) is 18.9. The van der Waals surface area contributed by atoms with E-state index in [1.807, 2.05) is 48.5 Å². The molecule has 37 heavy (non-hydrogen) atoms. The average Bonchev–Trinajstić information content (AvgIpc) is 3.39. The average molecular weight is 554 g/mol. The number of nitrogens with zero attached hydrogens (tertiary/aromatic N) is 3. The van der Waals surface area contributed by atoms with E-state index in [-0.39, 0.29) is 12.1 Å². The van der Waals surface area contributed by atoms with Crippen molar-refractivity contribution in [2.24, 2.45) is 0 Å². The van der Waals surface area contributed by atoms with Crippen molar-refractivity contribution in [1.29, 1.82) is 0 Å². The van der Waals surface area contributed by atoms with Crippen molar-refractivity contribution >= 4 is 46.2 Å². The van der Waals surface area contributed by atoms with Gasteiger partial charge in [0.05, 0.1) is 48.4 Å². The first kappa shape index (κ1) is 25.4. The number of hydrogen-bond acceptors (Lipinski definition) is 4. The minimum atomic E-state index is -0.212. The molecule has 1 aliphatic heterocycles. The van der Waals surface area contributed by atoms with Gasteiger partial charge in [-0.05, 0) is 80.2 Å². The Labute approximate surface area is 231 Å². The predicted octanol–water partition coefficient (Wildman–Crippen LogP) is 6.99. The third-order valence-corrected chi connectivity index (χ3v) is 7.54. The molecule has 6 nitrogen and oxygen atoms in total. The molecule has 1 aliphatic rings. The molecule has 2 unspecified atom stereocenters. The zero-order valence-electron chi connectivity index (χ0n) is 20.8. The zero-order valence-corrected chi connectivity index (χ0v) is 23.2. The molecule has 2 aromatic carbocycles. The predicted molar refractivity (Wildman–Crippen MR) is 153 cm³/mol. The second-order valence-corrected chi connectivity index (χ2v) is 10.0. The van der Waals surface area contributed by atoms with Crippen molar-refractivity contribution in [2.45, 2.75) is 25.9 Å². The summed E-state index contributed by atoms with van der Waals surface area (Å²) in [5, 5.41) is 5.27. The molecule has 2 aromatic heterocycles. The molecule has 1 saturated heterocycles. The van der Waals surface area contributed by atoms with Gasteiger partial charge < -0.3 is 24.3 Å². The normalized spacial score (nSPS) is 17.1. The van der Waals surface area contributed by atoms with Crippen LogP contribution < -0.4 is 19.7 Å². The highest BCUT2D eigenvalue weighted by Crippen LogP contribution is 2.47. The van der Waals surface area contributed by atoms with E-state index < -0.39 is 0 Å². The number of anilines is 1. The Morgan fingerprint density at radius 2 is 1.73 bits per heavy atom. The van der Waals surface area contributed by atoms with E-state index in [4.69, 9.17) is 44.9 Å². The number of pyridine rings is 1. The van der Waals surface area contributed by atoms with Crippen LogP contribution in [0.1, 0.15) is 34.7 Å². The molecule has 0 bridgehead atoms. The summed E-state index contributed by atoms with van der Waals surface area (Å²) in [6.07, 6.45) is 1.80. The fourth-order valence-corrected chi connectivity index (χ4v) is 5.87. The van der Waals surface area contributed by atoms with E-state index >= 15 is 0 Å². The van der Waals surface area contributed by atoms with Crippen LogP contribution in [0.15, 0.2) is 66.9 Å².